The average molecular weight is 265 g/mol. The van der Waals surface area contributed by atoms with Gasteiger partial charge in [-0.25, -0.2) is 4.79 Å². The number of hydrogen-bond donors (Lipinski definition) is 1. The van der Waals surface area contributed by atoms with Crippen molar-refractivity contribution >= 4 is 17.4 Å². The smallest absolute Gasteiger partial charge is 0.321 e. The van der Waals surface area contributed by atoms with E-state index in [-0.39, 0.29) is 11.7 Å². The summed E-state index contributed by atoms with van der Waals surface area (Å²) in [5.74, 6) is 0. The Morgan fingerprint density at radius 2 is 2.37 bits per heavy atom. The molecule has 0 saturated heterocycles. The van der Waals surface area contributed by atoms with Gasteiger partial charge in [0.25, 0.3) is 5.69 Å². The van der Waals surface area contributed by atoms with Gasteiger partial charge in [-0.05, 0) is 12.0 Å². The van der Waals surface area contributed by atoms with E-state index in [2.05, 4.69) is 5.32 Å². The van der Waals surface area contributed by atoms with Crippen LogP contribution in [0.3, 0.4) is 0 Å². The minimum absolute atomic E-state index is 0.00431. The van der Waals surface area contributed by atoms with Crippen molar-refractivity contribution in [2.45, 2.75) is 6.42 Å². The number of fused-ring (bicyclic) bond motifs is 1. The van der Waals surface area contributed by atoms with Crippen molar-refractivity contribution in [3.63, 3.8) is 0 Å². The average Bonchev–Trinajstić information content (AvgIpc) is 2.81. The Kier molecular flexibility index (Phi) is 3.96. The van der Waals surface area contributed by atoms with Crippen molar-refractivity contribution in [3.05, 3.63) is 33.9 Å². The molecule has 0 spiro atoms. The Balaban J connectivity index is 2.13. The van der Waals surface area contributed by atoms with Gasteiger partial charge < -0.3 is 10.1 Å². The lowest BCUT2D eigenvalue weighted by Gasteiger charge is -2.17. The Labute approximate surface area is 110 Å². The molecule has 0 unspecified atom stereocenters. The largest absolute Gasteiger partial charge is 0.383 e. The summed E-state index contributed by atoms with van der Waals surface area (Å²) in [6.07, 6.45) is 0.713. The second kappa shape index (κ2) is 5.66. The lowest BCUT2D eigenvalue weighted by molar-refractivity contribution is -0.384. The number of anilines is 1. The molecule has 1 aliphatic heterocycles. The third-order valence-electron chi connectivity index (χ3n) is 3.00. The molecule has 7 nitrogen and oxygen atoms in total. The van der Waals surface area contributed by atoms with Crippen LogP contribution in [0.15, 0.2) is 18.2 Å². The fraction of sp³-hybridized carbons (Fsp3) is 0.417. The molecule has 2 amide bonds. The molecule has 0 fully saturated rings. The van der Waals surface area contributed by atoms with E-state index in [1.807, 2.05) is 0 Å². The Morgan fingerprint density at radius 1 is 1.58 bits per heavy atom. The molecular formula is C12H15N3O4. The molecule has 0 aromatic heterocycles. The topological polar surface area (TPSA) is 84.7 Å². The van der Waals surface area contributed by atoms with E-state index in [1.54, 1.807) is 13.2 Å². The van der Waals surface area contributed by atoms with Crippen LogP contribution in [-0.4, -0.2) is 37.8 Å². The fourth-order valence-electron chi connectivity index (χ4n) is 2.05. The van der Waals surface area contributed by atoms with Crippen LogP contribution in [0.5, 0.6) is 0 Å². The molecule has 0 atom stereocenters. The minimum Gasteiger partial charge on any atom is -0.383 e. The number of rotatable bonds is 4. The predicted octanol–water partition coefficient (Wildman–Crippen LogP) is 1.31. The van der Waals surface area contributed by atoms with Crippen molar-refractivity contribution in [1.29, 1.82) is 0 Å². The molecule has 102 valence electrons. The van der Waals surface area contributed by atoms with E-state index in [0.29, 0.717) is 31.8 Å². The number of non-ortho nitro benzene ring substituents is 1. The molecule has 1 N–H and O–H groups in total. The first kappa shape index (κ1) is 13.3. The zero-order valence-corrected chi connectivity index (χ0v) is 10.6. The molecular weight excluding hydrogens is 250 g/mol. The van der Waals surface area contributed by atoms with Gasteiger partial charge in [0.1, 0.15) is 0 Å². The second-order valence-electron chi connectivity index (χ2n) is 4.20. The van der Waals surface area contributed by atoms with Gasteiger partial charge in [-0.15, -0.1) is 0 Å². The van der Waals surface area contributed by atoms with Crippen LogP contribution >= 0.6 is 0 Å². The highest BCUT2D eigenvalue weighted by molar-refractivity contribution is 5.94. The van der Waals surface area contributed by atoms with Gasteiger partial charge in [0, 0.05) is 32.3 Å². The summed E-state index contributed by atoms with van der Waals surface area (Å²) in [5, 5.41) is 13.5. The summed E-state index contributed by atoms with van der Waals surface area (Å²) in [6, 6.07) is 4.36. The van der Waals surface area contributed by atoms with E-state index >= 15 is 0 Å². The highest BCUT2D eigenvalue weighted by atomic mass is 16.6. The molecule has 1 aliphatic rings. The molecule has 1 aromatic rings. The number of benzene rings is 1. The molecule has 7 heteroatoms. The van der Waals surface area contributed by atoms with Crippen LogP contribution in [0.25, 0.3) is 0 Å². The van der Waals surface area contributed by atoms with Crippen molar-refractivity contribution < 1.29 is 14.5 Å². The fourth-order valence-corrected chi connectivity index (χ4v) is 2.05. The number of carbonyl (C=O) groups is 1. The van der Waals surface area contributed by atoms with Gasteiger partial charge in [-0.3, -0.25) is 15.0 Å². The summed E-state index contributed by atoms with van der Waals surface area (Å²) in [6.45, 7) is 1.38. The maximum atomic E-state index is 12.0. The first-order chi connectivity index (χ1) is 9.13. The maximum absolute atomic E-state index is 12.0. The normalized spacial score (nSPS) is 13.2. The Hall–Kier alpha value is -2.15. The Bertz CT molecular complexity index is 504. The summed E-state index contributed by atoms with van der Waals surface area (Å²) >= 11 is 0. The monoisotopic (exact) mass is 265 g/mol. The zero-order chi connectivity index (χ0) is 13.8. The van der Waals surface area contributed by atoms with E-state index < -0.39 is 4.92 Å². The van der Waals surface area contributed by atoms with E-state index in [9.17, 15) is 14.9 Å². The van der Waals surface area contributed by atoms with Crippen molar-refractivity contribution in [3.8, 4) is 0 Å². The Morgan fingerprint density at radius 3 is 3.05 bits per heavy atom. The van der Waals surface area contributed by atoms with Crippen LogP contribution in [-0.2, 0) is 11.2 Å². The van der Waals surface area contributed by atoms with Crippen molar-refractivity contribution in [2.75, 3.05) is 31.7 Å². The third kappa shape index (κ3) is 2.82. The lowest BCUT2D eigenvalue weighted by atomic mass is 10.1. The van der Waals surface area contributed by atoms with Gasteiger partial charge in [0.2, 0.25) is 0 Å². The molecule has 2 rings (SSSR count). The summed E-state index contributed by atoms with van der Waals surface area (Å²) in [7, 11) is 1.56. The summed E-state index contributed by atoms with van der Waals surface area (Å²) < 4.78 is 4.85. The quantitative estimate of drug-likeness (QED) is 0.505. The van der Waals surface area contributed by atoms with Gasteiger partial charge in [0.15, 0.2) is 0 Å². The number of hydrogen-bond acceptors (Lipinski definition) is 4. The number of amides is 2. The second-order valence-corrected chi connectivity index (χ2v) is 4.20. The SMILES string of the molecule is COCCNC(=O)N1CCc2ccc([N+](=O)[O-])cc21. The lowest BCUT2D eigenvalue weighted by Crippen LogP contribution is -2.40. The van der Waals surface area contributed by atoms with E-state index in [4.69, 9.17) is 4.74 Å². The van der Waals surface area contributed by atoms with Crippen molar-refractivity contribution in [2.24, 2.45) is 0 Å². The number of methoxy groups -OCH3 is 1. The maximum Gasteiger partial charge on any atom is 0.321 e. The predicted molar refractivity (Wildman–Crippen MR) is 69.4 cm³/mol. The molecule has 0 radical (unpaired) electrons. The summed E-state index contributed by atoms with van der Waals surface area (Å²) in [5.41, 5.74) is 1.56. The van der Waals surface area contributed by atoms with Gasteiger partial charge in [0.05, 0.1) is 17.2 Å². The van der Waals surface area contributed by atoms with Gasteiger partial charge >= 0.3 is 6.03 Å². The molecule has 0 saturated carbocycles. The highest BCUT2D eigenvalue weighted by Crippen LogP contribution is 2.31. The van der Waals surface area contributed by atoms with Crippen LogP contribution in [0, 0.1) is 10.1 Å². The number of nitro groups is 1. The number of nitro benzene ring substituents is 1. The number of nitrogens with zero attached hydrogens (tertiary/aromatic N) is 2. The van der Waals surface area contributed by atoms with E-state index in [1.165, 1.54) is 17.0 Å². The third-order valence-corrected chi connectivity index (χ3v) is 3.00. The van der Waals surface area contributed by atoms with Crippen molar-refractivity contribution in [1.82, 2.24) is 5.32 Å². The molecule has 1 aromatic carbocycles. The molecule has 1 heterocycles. The standard InChI is InChI=1S/C12H15N3O4/c1-19-7-5-13-12(16)14-6-4-9-2-3-10(15(17)18)8-11(9)14/h2-3,8H,4-7H2,1H3,(H,13,16). The van der Waals surface area contributed by atoms with Gasteiger partial charge in [-0.1, -0.05) is 6.07 Å². The number of carbonyl (C=O) groups excluding carboxylic acids is 1. The van der Waals surface area contributed by atoms with Crippen LogP contribution in [0.1, 0.15) is 5.56 Å². The van der Waals surface area contributed by atoms with E-state index in [0.717, 1.165) is 5.56 Å². The van der Waals surface area contributed by atoms with Crippen LogP contribution < -0.4 is 10.2 Å². The van der Waals surface area contributed by atoms with Crippen LogP contribution in [0.4, 0.5) is 16.2 Å². The first-order valence-electron chi connectivity index (χ1n) is 5.95. The minimum atomic E-state index is -0.459. The summed E-state index contributed by atoms with van der Waals surface area (Å²) in [4.78, 5) is 23.8. The first-order valence-corrected chi connectivity index (χ1v) is 5.95. The molecule has 0 bridgehead atoms. The molecule has 19 heavy (non-hydrogen) atoms. The number of ether oxygens (including phenoxy) is 1. The highest BCUT2D eigenvalue weighted by Gasteiger charge is 2.26. The van der Waals surface area contributed by atoms with Crippen LogP contribution in [0.2, 0.25) is 0 Å². The molecule has 0 aliphatic carbocycles. The number of urea groups is 1. The zero-order valence-electron chi connectivity index (χ0n) is 10.6. The van der Waals surface area contributed by atoms with Gasteiger partial charge in [-0.2, -0.15) is 0 Å². The number of nitrogens with one attached hydrogen (secondary N) is 1.